The second-order valence-corrected chi connectivity index (χ2v) is 8.01. The van der Waals surface area contributed by atoms with Crippen LogP contribution in [0.15, 0.2) is 29.4 Å². The van der Waals surface area contributed by atoms with E-state index in [1.54, 1.807) is 18.2 Å². The van der Waals surface area contributed by atoms with Crippen molar-refractivity contribution in [2.75, 3.05) is 4.72 Å². The van der Waals surface area contributed by atoms with E-state index in [4.69, 9.17) is 11.6 Å². The van der Waals surface area contributed by atoms with Crippen LogP contribution in [0, 0.1) is 0 Å². The van der Waals surface area contributed by atoms with Gasteiger partial charge in [0.2, 0.25) is 0 Å². The Hall–Kier alpha value is -2.06. The molecule has 9 heteroatoms. The number of nitrogens with one attached hydrogen (secondary N) is 2. The van der Waals surface area contributed by atoms with Crippen LogP contribution in [0.5, 0.6) is 0 Å². The molecule has 2 heterocycles. The molecule has 0 spiro atoms. The van der Waals surface area contributed by atoms with Crippen molar-refractivity contribution < 1.29 is 8.42 Å². The van der Waals surface area contributed by atoms with Gasteiger partial charge < -0.3 is 4.98 Å². The number of fused-ring (bicyclic) bond motifs is 1. The van der Waals surface area contributed by atoms with Gasteiger partial charge in [0.15, 0.2) is 5.03 Å². The van der Waals surface area contributed by atoms with Crippen molar-refractivity contribution >= 4 is 38.3 Å². The molecule has 1 aliphatic rings. The van der Waals surface area contributed by atoms with Gasteiger partial charge in [0.25, 0.3) is 10.0 Å². The maximum absolute atomic E-state index is 12.5. The van der Waals surface area contributed by atoms with Crippen molar-refractivity contribution in [3.63, 3.8) is 0 Å². The van der Waals surface area contributed by atoms with Crippen LogP contribution < -0.4 is 4.72 Å². The lowest BCUT2D eigenvalue weighted by atomic mass is 9.85. The number of anilines is 1. The molecule has 0 radical (unpaired) electrons. The largest absolute Gasteiger partial charge is 0.342 e. The van der Waals surface area contributed by atoms with Gasteiger partial charge in [-0.05, 0) is 31.0 Å². The molecule has 126 valence electrons. The number of imidazole rings is 1. The average molecular weight is 366 g/mol. The zero-order valence-corrected chi connectivity index (χ0v) is 14.5. The van der Waals surface area contributed by atoms with Crippen LogP contribution in [0.3, 0.4) is 0 Å². The van der Waals surface area contributed by atoms with Crippen LogP contribution in [-0.2, 0) is 17.1 Å². The number of nitrogens with zero attached hydrogens (tertiary/aromatic N) is 3. The number of benzene rings is 1. The highest BCUT2D eigenvalue weighted by Crippen LogP contribution is 2.35. The number of H-pyrrole nitrogens is 1. The second-order valence-electron chi connectivity index (χ2n) is 6.01. The molecule has 0 bridgehead atoms. The summed E-state index contributed by atoms with van der Waals surface area (Å²) in [5.41, 5.74) is 2.09. The molecule has 7 nitrogen and oxygen atoms in total. The third kappa shape index (κ3) is 2.55. The molecule has 3 aromatic rings. The van der Waals surface area contributed by atoms with Gasteiger partial charge in [-0.1, -0.05) is 18.0 Å². The van der Waals surface area contributed by atoms with Crippen molar-refractivity contribution in [2.45, 2.75) is 30.2 Å². The highest BCUT2D eigenvalue weighted by atomic mass is 35.5. The van der Waals surface area contributed by atoms with Gasteiger partial charge in [-0.2, -0.15) is 13.5 Å². The van der Waals surface area contributed by atoms with Crippen LogP contribution >= 0.6 is 11.6 Å². The molecule has 2 aromatic heterocycles. The summed E-state index contributed by atoms with van der Waals surface area (Å²) in [7, 11) is -2.29. The highest BCUT2D eigenvalue weighted by Gasteiger charge is 2.24. The van der Waals surface area contributed by atoms with Gasteiger partial charge >= 0.3 is 0 Å². The van der Waals surface area contributed by atoms with Gasteiger partial charge in [-0.15, -0.1) is 0 Å². The van der Waals surface area contributed by atoms with E-state index >= 15 is 0 Å². The molecule has 0 atom stereocenters. The summed E-state index contributed by atoms with van der Waals surface area (Å²) >= 11 is 5.93. The molecule has 0 aliphatic heterocycles. The molecule has 0 saturated heterocycles. The number of aromatic amines is 1. The van der Waals surface area contributed by atoms with Gasteiger partial charge in [0.05, 0.1) is 27.9 Å². The van der Waals surface area contributed by atoms with Gasteiger partial charge in [-0.25, -0.2) is 4.98 Å². The fraction of sp³-hybridized carbons (Fsp3) is 0.333. The van der Waals surface area contributed by atoms with E-state index in [-0.39, 0.29) is 10.0 Å². The van der Waals surface area contributed by atoms with Crippen molar-refractivity contribution in [1.82, 2.24) is 19.7 Å². The van der Waals surface area contributed by atoms with Crippen molar-refractivity contribution in [2.24, 2.45) is 7.05 Å². The minimum atomic E-state index is -3.82. The third-order valence-corrected chi connectivity index (χ3v) is 6.23. The lowest BCUT2D eigenvalue weighted by Gasteiger charge is -2.22. The lowest BCUT2D eigenvalue weighted by molar-refractivity contribution is 0.405. The standard InChI is InChI=1S/C15H16ClN5O2S/c1-21-15(11(16)8-17-21)24(22,23)20-10-5-6-12-13(7-10)19-14(18-12)9-3-2-4-9/h5-9,20H,2-4H2,1H3,(H,18,19). The van der Waals surface area contributed by atoms with Gasteiger partial charge in [0.1, 0.15) is 5.82 Å². The van der Waals surface area contributed by atoms with E-state index in [1.165, 1.54) is 24.3 Å². The monoisotopic (exact) mass is 365 g/mol. The van der Waals surface area contributed by atoms with Crippen LogP contribution in [0.25, 0.3) is 11.0 Å². The summed E-state index contributed by atoms with van der Waals surface area (Å²) in [5.74, 6) is 1.47. The number of hydrogen-bond donors (Lipinski definition) is 2. The Bertz CT molecular complexity index is 1000. The number of hydrogen-bond acceptors (Lipinski definition) is 4. The predicted molar refractivity (Wildman–Crippen MR) is 91.7 cm³/mol. The molecule has 0 amide bonds. The molecule has 2 N–H and O–H groups in total. The van der Waals surface area contributed by atoms with Crippen LogP contribution in [0.4, 0.5) is 5.69 Å². The zero-order valence-electron chi connectivity index (χ0n) is 13.0. The summed E-state index contributed by atoms with van der Waals surface area (Å²) in [6.45, 7) is 0. The molecule has 1 aromatic carbocycles. The summed E-state index contributed by atoms with van der Waals surface area (Å²) in [6, 6.07) is 5.23. The Labute approximate surface area is 144 Å². The summed E-state index contributed by atoms with van der Waals surface area (Å²) in [6.07, 6.45) is 4.84. The first kappa shape index (κ1) is 15.5. The van der Waals surface area contributed by atoms with E-state index < -0.39 is 10.0 Å². The van der Waals surface area contributed by atoms with Gasteiger partial charge in [-0.3, -0.25) is 9.40 Å². The minimum Gasteiger partial charge on any atom is -0.342 e. The van der Waals surface area contributed by atoms with Crippen LogP contribution in [0.1, 0.15) is 31.0 Å². The van der Waals surface area contributed by atoms with E-state index in [2.05, 4.69) is 19.8 Å². The summed E-state index contributed by atoms with van der Waals surface area (Å²) in [4.78, 5) is 7.87. The molecule has 4 rings (SSSR count). The van der Waals surface area contributed by atoms with Crippen molar-refractivity contribution in [3.8, 4) is 0 Å². The number of aromatic nitrogens is 4. The SMILES string of the molecule is Cn1ncc(Cl)c1S(=O)(=O)Nc1ccc2nc(C3CCC3)[nH]c2c1. The number of rotatable bonds is 4. The Morgan fingerprint density at radius 2 is 2.17 bits per heavy atom. The second kappa shape index (κ2) is 5.49. The van der Waals surface area contributed by atoms with Crippen molar-refractivity contribution in [1.29, 1.82) is 0 Å². The number of aryl methyl sites for hydroxylation is 1. The lowest BCUT2D eigenvalue weighted by Crippen LogP contribution is -2.17. The fourth-order valence-corrected chi connectivity index (χ4v) is 4.58. The number of halogens is 1. The first-order valence-electron chi connectivity index (χ1n) is 7.64. The fourth-order valence-electron chi connectivity index (χ4n) is 2.87. The smallest absolute Gasteiger partial charge is 0.280 e. The molecule has 1 aliphatic carbocycles. The minimum absolute atomic E-state index is 0.0657. The highest BCUT2D eigenvalue weighted by molar-refractivity contribution is 7.92. The Morgan fingerprint density at radius 3 is 2.79 bits per heavy atom. The van der Waals surface area contributed by atoms with E-state index in [0.717, 1.165) is 29.7 Å². The maximum Gasteiger partial charge on any atom is 0.280 e. The Kier molecular flexibility index (Phi) is 3.54. The third-order valence-electron chi connectivity index (χ3n) is 4.34. The quantitative estimate of drug-likeness (QED) is 0.743. The predicted octanol–water partition coefficient (Wildman–Crippen LogP) is 3.02. The molecule has 1 saturated carbocycles. The van der Waals surface area contributed by atoms with E-state index in [0.29, 0.717) is 11.6 Å². The van der Waals surface area contributed by atoms with Crippen LogP contribution in [0.2, 0.25) is 5.02 Å². The molecule has 1 fully saturated rings. The normalized spacial score (nSPS) is 15.6. The Balaban J connectivity index is 1.66. The number of sulfonamides is 1. The zero-order chi connectivity index (χ0) is 16.9. The van der Waals surface area contributed by atoms with E-state index in [9.17, 15) is 8.42 Å². The first-order chi connectivity index (χ1) is 11.4. The van der Waals surface area contributed by atoms with Crippen LogP contribution in [-0.4, -0.2) is 28.2 Å². The summed E-state index contributed by atoms with van der Waals surface area (Å²) < 4.78 is 28.8. The van der Waals surface area contributed by atoms with E-state index in [1.807, 2.05) is 0 Å². The Morgan fingerprint density at radius 1 is 1.38 bits per heavy atom. The van der Waals surface area contributed by atoms with Crippen molar-refractivity contribution in [3.05, 3.63) is 35.2 Å². The molecular formula is C15H16ClN5O2S. The van der Waals surface area contributed by atoms with Gasteiger partial charge in [0, 0.05) is 13.0 Å². The molecule has 0 unspecified atom stereocenters. The average Bonchev–Trinajstić information content (AvgIpc) is 2.99. The topological polar surface area (TPSA) is 92.7 Å². The maximum atomic E-state index is 12.5. The first-order valence-corrected chi connectivity index (χ1v) is 9.50. The molecular weight excluding hydrogens is 350 g/mol. The summed E-state index contributed by atoms with van der Waals surface area (Å²) in [5, 5.41) is 3.88. The molecule has 24 heavy (non-hydrogen) atoms.